The number of carbonyl (C=O) groups excluding carboxylic acids is 2. The zero-order valence-corrected chi connectivity index (χ0v) is 16.6. The molecule has 1 amide bonds. The highest BCUT2D eigenvalue weighted by atomic mass is 16.5. The molecule has 3 rings (SSSR count). The summed E-state index contributed by atoms with van der Waals surface area (Å²) in [5.74, 6) is 0.586. The Bertz CT molecular complexity index is 825. The Hall–Kier alpha value is -2.77. The molecular weight excluding hydrogens is 358 g/mol. The molecule has 8 heteroatoms. The standard InChI is InChI=1S/C20H27N5O3/c1-13(2)28-20(27)16-6-4-5-15(11-16)19-22-24-25(23-19)12-18(26)21-17-9-7-14(3)8-10-17/h4-6,11,13-14,17H,7-10,12H2,1-3H3,(H,21,26). The molecule has 1 aromatic heterocycles. The van der Waals surface area contributed by atoms with E-state index in [4.69, 9.17) is 4.74 Å². The minimum absolute atomic E-state index is 0.0220. The van der Waals surface area contributed by atoms with Gasteiger partial charge in [0.1, 0.15) is 6.54 Å². The number of benzene rings is 1. The fourth-order valence-electron chi connectivity index (χ4n) is 3.30. The Labute approximate surface area is 164 Å². The summed E-state index contributed by atoms with van der Waals surface area (Å²) in [5, 5.41) is 15.3. The van der Waals surface area contributed by atoms with E-state index in [0.29, 0.717) is 17.0 Å². The maximum absolute atomic E-state index is 12.3. The summed E-state index contributed by atoms with van der Waals surface area (Å²) in [6.45, 7) is 5.87. The van der Waals surface area contributed by atoms with Gasteiger partial charge in [0.25, 0.3) is 0 Å². The normalized spacial score (nSPS) is 19.4. The summed E-state index contributed by atoms with van der Waals surface area (Å²) < 4.78 is 5.21. The predicted molar refractivity (Wildman–Crippen MR) is 103 cm³/mol. The predicted octanol–water partition coefficient (Wildman–Crippen LogP) is 2.60. The zero-order valence-electron chi connectivity index (χ0n) is 16.6. The van der Waals surface area contributed by atoms with E-state index in [2.05, 4.69) is 27.7 Å². The number of carbonyl (C=O) groups is 2. The molecule has 2 aromatic rings. The van der Waals surface area contributed by atoms with Gasteiger partial charge in [0, 0.05) is 11.6 Å². The van der Waals surface area contributed by atoms with Crippen LogP contribution in [0.15, 0.2) is 24.3 Å². The van der Waals surface area contributed by atoms with Gasteiger partial charge in [-0.05, 0) is 62.8 Å². The molecule has 1 N–H and O–H groups in total. The number of ether oxygens (including phenoxy) is 1. The van der Waals surface area contributed by atoms with Crippen LogP contribution in [-0.2, 0) is 16.1 Å². The second-order valence-electron chi connectivity index (χ2n) is 7.70. The molecule has 1 fully saturated rings. The van der Waals surface area contributed by atoms with Crippen molar-refractivity contribution in [2.24, 2.45) is 5.92 Å². The highest BCUT2D eigenvalue weighted by Crippen LogP contribution is 2.23. The van der Waals surface area contributed by atoms with Gasteiger partial charge in [0.2, 0.25) is 11.7 Å². The van der Waals surface area contributed by atoms with Crippen LogP contribution in [0.3, 0.4) is 0 Å². The molecule has 1 saturated carbocycles. The van der Waals surface area contributed by atoms with Crippen molar-refractivity contribution in [3.8, 4) is 11.4 Å². The van der Waals surface area contributed by atoms with Gasteiger partial charge >= 0.3 is 5.97 Å². The first-order chi connectivity index (χ1) is 13.4. The van der Waals surface area contributed by atoms with E-state index in [-0.39, 0.29) is 24.6 Å². The molecule has 0 saturated heterocycles. The SMILES string of the molecule is CC1CCC(NC(=O)Cn2nnc(-c3cccc(C(=O)OC(C)C)c3)n2)CC1. The number of aromatic nitrogens is 4. The van der Waals surface area contributed by atoms with Crippen LogP contribution in [0.5, 0.6) is 0 Å². The third-order valence-electron chi connectivity index (χ3n) is 4.82. The second-order valence-corrected chi connectivity index (χ2v) is 7.70. The van der Waals surface area contributed by atoms with E-state index < -0.39 is 5.97 Å². The Kier molecular flexibility index (Phi) is 6.38. The lowest BCUT2D eigenvalue weighted by molar-refractivity contribution is -0.123. The number of hydrogen-bond donors (Lipinski definition) is 1. The van der Waals surface area contributed by atoms with Crippen molar-refractivity contribution in [1.82, 2.24) is 25.5 Å². The van der Waals surface area contributed by atoms with E-state index in [1.807, 2.05) is 0 Å². The summed E-state index contributed by atoms with van der Waals surface area (Å²) >= 11 is 0. The molecule has 28 heavy (non-hydrogen) atoms. The number of amides is 1. The number of nitrogens with zero attached hydrogens (tertiary/aromatic N) is 4. The molecule has 1 aromatic carbocycles. The number of hydrogen-bond acceptors (Lipinski definition) is 6. The molecule has 0 radical (unpaired) electrons. The van der Waals surface area contributed by atoms with Crippen molar-refractivity contribution in [2.45, 2.75) is 65.1 Å². The molecule has 150 valence electrons. The fourth-order valence-corrected chi connectivity index (χ4v) is 3.30. The average molecular weight is 385 g/mol. The van der Waals surface area contributed by atoms with E-state index in [0.717, 1.165) is 31.6 Å². The molecule has 0 atom stereocenters. The van der Waals surface area contributed by atoms with Crippen LogP contribution in [0.2, 0.25) is 0 Å². The van der Waals surface area contributed by atoms with Gasteiger partial charge in [-0.2, -0.15) is 4.80 Å². The zero-order chi connectivity index (χ0) is 20.1. The Morgan fingerprint density at radius 3 is 2.71 bits per heavy atom. The van der Waals surface area contributed by atoms with Crippen LogP contribution >= 0.6 is 0 Å². The minimum atomic E-state index is -0.398. The summed E-state index contributed by atoms with van der Waals surface area (Å²) in [4.78, 5) is 25.6. The largest absolute Gasteiger partial charge is 0.459 e. The highest BCUT2D eigenvalue weighted by molar-refractivity contribution is 5.90. The number of esters is 1. The molecule has 8 nitrogen and oxygen atoms in total. The monoisotopic (exact) mass is 385 g/mol. The van der Waals surface area contributed by atoms with Crippen LogP contribution in [0.25, 0.3) is 11.4 Å². The van der Waals surface area contributed by atoms with E-state index in [1.54, 1.807) is 38.1 Å². The Morgan fingerprint density at radius 1 is 1.25 bits per heavy atom. The molecule has 1 aliphatic rings. The van der Waals surface area contributed by atoms with Gasteiger partial charge in [0.05, 0.1) is 11.7 Å². The van der Waals surface area contributed by atoms with Gasteiger partial charge in [-0.3, -0.25) is 4.79 Å². The smallest absolute Gasteiger partial charge is 0.338 e. The molecule has 0 aliphatic heterocycles. The minimum Gasteiger partial charge on any atom is -0.459 e. The quantitative estimate of drug-likeness (QED) is 0.768. The van der Waals surface area contributed by atoms with Gasteiger partial charge in [-0.15, -0.1) is 10.2 Å². The Balaban J connectivity index is 1.61. The van der Waals surface area contributed by atoms with Crippen LogP contribution in [0, 0.1) is 5.92 Å². The summed E-state index contributed by atoms with van der Waals surface area (Å²) in [7, 11) is 0. The highest BCUT2D eigenvalue weighted by Gasteiger charge is 2.20. The van der Waals surface area contributed by atoms with Crippen molar-refractivity contribution in [3.05, 3.63) is 29.8 Å². The third-order valence-corrected chi connectivity index (χ3v) is 4.82. The first-order valence-electron chi connectivity index (χ1n) is 9.79. The van der Waals surface area contributed by atoms with E-state index >= 15 is 0 Å². The second kappa shape index (κ2) is 8.95. The van der Waals surface area contributed by atoms with Crippen LogP contribution in [0.4, 0.5) is 0 Å². The van der Waals surface area contributed by atoms with Crippen molar-refractivity contribution in [3.63, 3.8) is 0 Å². The lowest BCUT2D eigenvalue weighted by Crippen LogP contribution is -2.39. The lowest BCUT2D eigenvalue weighted by atomic mass is 9.87. The third kappa shape index (κ3) is 5.37. The summed E-state index contributed by atoms with van der Waals surface area (Å²) in [5.41, 5.74) is 1.07. The molecule has 0 unspecified atom stereocenters. The summed E-state index contributed by atoms with van der Waals surface area (Å²) in [6.07, 6.45) is 4.13. The van der Waals surface area contributed by atoms with Gasteiger partial charge in [-0.1, -0.05) is 19.1 Å². The van der Waals surface area contributed by atoms with Crippen molar-refractivity contribution < 1.29 is 14.3 Å². The van der Waals surface area contributed by atoms with Crippen LogP contribution < -0.4 is 5.32 Å². The Morgan fingerprint density at radius 2 is 2.00 bits per heavy atom. The van der Waals surface area contributed by atoms with Gasteiger partial charge < -0.3 is 10.1 Å². The first kappa shape index (κ1) is 20.0. The molecule has 0 bridgehead atoms. The van der Waals surface area contributed by atoms with Gasteiger partial charge in [-0.25, -0.2) is 4.79 Å². The van der Waals surface area contributed by atoms with Gasteiger partial charge in [0.15, 0.2) is 0 Å². The van der Waals surface area contributed by atoms with Crippen LogP contribution in [0.1, 0.15) is 56.8 Å². The maximum Gasteiger partial charge on any atom is 0.338 e. The molecule has 0 spiro atoms. The molecule has 1 heterocycles. The number of rotatable bonds is 6. The topological polar surface area (TPSA) is 99.0 Å². The van der Waals surface area contributed by atoms with Crippen molar-refractivity contribution >= 4 is 11.9 Å². The van der Waals surface area contributed by atoms with E-state index in [1.165, 1.54) is 4.80 Å². The summed E-state index contributed by atoms with van der Waals surface area (Å²) in [6, 6.07) is 7.10. The number of tetrazole rings is 1. The van der Waals surface area contributed by atoms with Crippen molar-refractivity contribution in [1.29, 1.82) is 0 Å². The fraction of sp³-hybridized carbons (Fsp3) is 0.550. The molecule has 1 aliphatic carbocycles. The van der Waals surface area contributed by atoms with Crippen molar-refractivity contribution in [2.75, 3.05) is 0 Å². The van der Waals surface area contributed by atoms with E-state index in [9.17, 15) is 9.59 Å². The molecular formula is C20H27N5O3. The average Bonchev–Trinajstić information content (AvgIpc) is 3.11. The maximum atomic E-state index is 12.3. The first-order valence-corrected chi connectivity index (χ1v) is 9.79. The number of nitrogens with one attached hydrogen (secondary N) is 1. The van der Waals surface area contributed by atoms with Crippen LogP contribution in [-0.4, -0.2) is 44.2 Å². The lowest BCUT2D eigenvalue weighted by Gasteiger charge is -2.26.